The van der Waals surface area contributed by atoms with E-state index in [0.717, 1.165) is 0 Å². The summed E-state index contributed by atoms with van der Waals surface area (Å²) in [4.78, 5) is 0. The number of hydrogen-bond acceptors (Lipinski definition) is 3. The van der Waals surface area contributed by atoms with Gasteiger partial charge in [-0.2, -0.15) is 0 Å². The maximum absolute atomic E-state index is 11.9. The van der Waals surface area contributed by atoms with Gasteiger partial charge in [-0.1, -0.05) is 18.1 Å². The van der Waals surface area contributed by atoms with Crippen LogP contribution in [-0.2, 0) is 13.6 Å². The average molecular weight is 226 g/mol. The molecule has 0 aromatic rings. The summed E-state index contributed by atoms with van der Waals surface area (Å²) in [5.41, 5.74) is 0. The third kappa shape index (κ3) is 7.00. The zero-order chi connectivity index (χ0) is 11.6. The van der Waals surface area contributed by atoms with Gasteiger partial charge in [-0.15, -0.1) is 18.8 Å². The largest absolute Gasteiger partial charge is 0.335 e. The van der Waals surface area contributed by atoms with E-state index in [0.29, 0.717) is 6.42 Å². The zero-order valence-corrected chi connectivity index (χ0v) is 9.70. The van der Waals surface area contributed by atoms with E-state index in [1.54, 1.807) is 12.2 Å². The second-order valence-corrected chi connectivity index (χ2v) is 4.73. The highest BCUT2D eigenvalue weighted by Crippen LogP contribution is 2.48. The van der Waals surface area contributed by atoms with Crippen LogP contribution in [0.2, 0.25) is 0 Å². The summed E-state index contributed by atoms with van der Waals surface area (Å²) in [6, 6.07) is 0. The third-order valence-electron chi connectivity index (χ3n) is 1.44. The van der Waals surface area contributed by atoms with Crippen LogP contribution in [0.3, 0.4) is 0 Å². The van der Waals surface area contributed by atoms with Crippen molar-refractivity contribution in [3.05, 3.63) is 12.2 Å². The number of hydrogen-bond donors (Lipinski definition) is 0. The van der Waals surface area contributed by atoms with Crippen molar-refractivity contribution < 1.29 is 13.6 Å². The summed E-state index contributed by atoms with van der Waals surface area (Å²) in [7, 11) is -3.11. The van der Waals surface area contributed by atoms with Crippen molar-refractivity contribution in [1.29, 1.82) is 0 Å². The van der Waals surface area contributed by atoms with E-state index >= 15 is 0 Å². The normalized spacial score (nSPS) is 14.3. The molecule has 0 aliphatic heterocycles. The van der Waals surface area contributed by atoms with Crippen LogP contribution in [0.5, 0.6) is 0 Å². The predicted molar refractivity (Wildman–Crippen MR) is 61.5 cm³/mol. The molecule has 15 heavy (non-hydrogen) atoms. The fraction of sp³-hybridized carbons (Fsp3) is 0.455. The molecular formula is C11H15O3P. The van der Waals surface area contributed by atoms with E-state index in [9.17, 15) is 4.57 Å². The Morgan fingerprint density at radius 1 is 1.33 bits per heavy atom. The summed E-state index contributed by atoms with van der Waals surface area (Å²) in [5.74, 6) is 4.64. The first-order valence-corrected chi connectivity index (χ1v) is 6.27. The summed E-state index contributed by atoms with van der Waals surface area (Å²) in [6.45, 7) is 2.02. The molecule has 0 spiro atoms. The van der Waals surface area contributed by atoms with Gasteiger partial charge in [0, 0.05) is 6.42 Å². The maximum Gasteiger partial charge on any atom is 0.335 e. The van der Waals surface area contributed by atoms with Gasteiger partial charge in [0.25, 0.3) is 0 Å². The molecule has 82 valence electrons. The second-order valence-electron chi connectivity index (χ2n) is 2.63. The van der Waals surface area contributed by atoms with Gasteiger partial charge in [0.05, 0.1) is 12.8 Å². The molecule has 0 aromatic heterocycles. The Labute approximate surface area is 91.4 Å². The highest BCUT2D eigenvalue weighted by molar-refractivity contribution is 7.54. The zero-order valence-electron chi connectivity index (χ0n) is 8.81. The van der Waals surface area contributed by atoms with Crippen molar-refractivity contribution in [3.8, 4) is 24.7 Å². The van der Waals surface area contributed by atoms with Crippen LogP contribution in [0.25, 0.3) is 0 Å². The SMILES string of the molecule is C#CCCOP(=O)(CC=CC)OCC#C. The van der Waals surface area contributed by atoms with Crippen LogP contribution < -0.4 is 0 Å². The van der Waals surface area contributed by atoms with Gasteiger partial charge in [0.15, 0.2) is 0 Å². The lowest BCUT2D eigenvalue weighted by Gasteiger charge is -2.14. The van der Waals surface area contributed by atoms with Crippen molar-refractivity contribution in [2.75, 3.05) is 19.4 Å². The van der Waals surface area contributed by atoms with E-state index in [4.69, 9.17) is 21.9 Å². The van der Waals surface area contributed by atoms with Gasteiger partial charge in [-0.3, -0.25) is 9.09 Å². The topological polar surface area (TPSA) is 35.5 Å². The van der Waals surface area contributed by atoms with Crippen LogP contribution in [-0.4, -0.2) is 19.4 Å². The Hall–Kier alpha value is -0.990. The molecule has 0 N–H and O–H groups in total. The highest BCUT2D eigenvalue weighted by atomic mass is 31.2. The lowest BCUT2D eigenvalue weighted by Crippen LogP contribution is -2.00. The predicted octanol–water partition coefficient (Wildman–Crippen LogP) is 2.45. The molecule has 1 unspecified atom stereocenters. The van der Waals surface area contributed by atoms with E-state index in [-0.39, 0.29) is 19.4 Å². The molecule has 0 amide bonds. The van der Waals surface area contributed by atoms with E-state index in [1.807, 2.05) is 6.92 Å². The summed E-state index contributed by atoms with van der Waals surface area (Å²) < 4.78 is 22.1. The molecule has 0 heterocycles. The molecule has 0 aromatic carbocycles. The summed E-state index contributed by atoms with van der Waals surface area (Å²) >= 11 is 0. The van der Waals surface area contributed by atoms with Crippen LogP contribution in [0, 0.1) is 24.7 Å². The van der Waals surface area contributed by atoms with E-state index in [1.165, 1.54) is 0 Å². The molecule has 0 fully saturated rings. The van der Waals surface area contributed by atoms with Gasteiger partial charge >= 0.3 is 7.60 Å². The van der Waals surface area contributed by atoms with E-state index < -0.39 is 7.60 Å². The van der Waals surface area contributed by atoms with Gasteiger partial charge in [0.2, 0.25) is 0 Å². The molecule has 1 atom stereocenters. The molecule has 0 saturated carbocycles. The smallest absolute Gasteiger partial charge is 0.307 e. The maximum atomic E-state index is 11.9. The Balaban J connectivity index is 4.22. The molecule has 0 aliphatic rings. The Morgan fingerprint density at radius 3 is 2.60 bits per heavy atom. The Morgan fingerprint density at radius 2 is 2.07 bits per heavy atom. The lowest BCUT2D eigenvalue weighted by atomic mass is 10.5. The van der Waals surface area contributed by atoms with Crippen molar-refractivity contribution in [2.45, 2.75) is 13.3 Å². The first-order chi connectivity index (χ1) is 7.18. The summed E-state index contributed by atoms with van der Waals surface area (Å²) in [5, 5.41) is 0. The van der Waals surface area contributed by atoms with Crippen molar-refractivity contribution in [2.24, 2.45) is 0 Å². The highest BCUT2D eigenvalue weighted by Gasteiger charge is 2.21. The minimum absolute atomic E-state index is 0.0229. The standard InChI is InChI=1S/C11H15O3P/c1-4-7-10-14-15(12,11-8-5-2)13-9-6-3/h1,3,5,8H,7,9-11H2,2H3. The molecule has 0 radical (unpaired) electrons. The van der Waals surface area contributed by atoms with Crippen LogP contribution in [0.1, 0.15) is 13.3 Å². The Kier molecular flexibility index (Phi) is 7.78. The monoisotopic (exact) mass is 226 g/mol. The third-order valence-corrected chi connectivity index (χ3v) is 3.20. The van der Waals surface area contributed by atoms with Gasteiger partial charge in [-0.05, 0) is 6.92 Å². The first-order valence-electron chi connectivity index (χ1n) is 4.54. The minimum atomic E-state index is -3.11. The quantitative estimate of drug-likeness (QED) is 0.289. The molecular weight excluding hydrogens is 211 g/mol. The second kappa shape index (κ2) is 8.33. The first kappa shape index (κ1) is 14.0. The Bertz CT molecular complexity index is 320. The van der Waals surface area contributed by atoms with Gasteiger partial charge in [0.1, 0.15) is 6.61 Å². The molecule has 0 aliphatic carbocycles. The summed E-state index contributed by atoms with van der Waals surface area (Å²) in [6.07, 6.45) is 14.2. The number of allylic oxidation sites excluding steroid dienone is 2. The number of rotatable bonds is 7. The number of terminal acetylenes is 2. The fourth-order valence-electron chi connectivity index (χ4n) is 0.756. The fourth-order valence-corrected chi connectivity index (χ4v) is 2.15. The minimum Gasteiger partial charge on any atom is -0.307 e. The van der Waals surface area contributed by atoms with Crippen LogP contribution in [0.4, 0.5) is 0 Å². The lowest BCUT2D eigenvalue weighted by molar-refractivity contribution is 0.228. The molecule has 0 bridgehead atoms. The van der Waals surface area contributed by atoms with Gasteiger partial charge < -0.3 is 4.52 Å². The molecule has 3 nitrogen and oxygen atoms in total. The van der Waals surface area contributed by atoms with E-state index in [2.05, 4.69) is 11.8 Å². The van der Waals surface area contributed by atoms with Crippen molar-refractivity contribution in [1.82, 2.24) is 0 Å². The molecule has 0 saturated heterocycles. The van der Waals surface area contributed by atoms with Crippen molar-refractivity contribution >= 4 is 7.60 Å². The van der Waals surface area contributed by atoms with Crippen LogP contribution in [0.15, 0.2) is 12.2 Å². The average Bonchev–Trinajstić information content (AvgIpc) is 2.24. The van der Waals surface area contributed by atoms with Crippen LogP contribution >= 0.6 is 7.60 Å². The molecule has 4 heteroatoms. The van der Waals surface area contributed by atoms with Gasteiger partial charge in [-0.25, -0.2) is 0 Å². The molecule has 0 rings (SSSR count). The van der Waals surface area contributed by atoms with Crippen molar-refractivity contribution in [3.63, 3.8) is 0 Å².